The van der Waals surface area contributed by atoms with Crippen molar-refractivity contribution in [1.29, 1.82) is 0 Å². The minimum atomic E-state index is -4.70. The van der Waals surface area contributed by atoms with Crippen LogP contribution in [0.4, 0.5) is 13.2 Å². The molecule has 1 aromatic rings. The number of rotatable bonds is 2. The highest BCUT2D eigenvalue weighted by Gasteiger charge is 2.33. The van der Waals surface area contributed by atoms with Gasteiger partial charge in [-0.3, -0.25) is 9.59 Å². The number of nitrogens with one attached hydrogen (secondary N) is 1. The van der Waals surface area contributed by atoms with Crippen LogP contribution in [0, 0.1) is 0 Å². The van der Waals surface area contributed by atoms with Crippen molar-refractivity contribution in [2.75, 3.05) is 7.11 Å². The van der Waals surface area contributed by atoms with Crippen molar-refractivity contribution in [3.05, 3.63) is 33.7 Å². The third-order valence-corrected chi connectivity index (χ3v) is 1.84. The molecule has 0 unspecified atom stereocenters. The smallest absolute Gasteiger partial charge is 0.421 e. The number of esters is 1. The fraction of sp³-hybridized carbons (Fsp3) is 0.333. The van der Waals surface area contributed by atoms with Gasteiger partial charge in [0.1, 0.15) is 5.56 Å². The van der Waals surface area contributed by atoms with Gasteiger partial charge in [-0.05, 0) is 12.1 Å². The van der Waals surface area contributed by atoms with E-state index in [1.54, 1.807) is 0 Å². The molecule has 88 valence electrons. The van der Waals surface area contributed by atoms with Crippen LogP contribution in [0.15, 0.2) is 16.9 Å². The standard InChI is InChI=1S/C9H8F3NO3/c1-16-7(14)4-5-2-3-6(8(15)13-5)9(10,11)12/h2-3H,4H2,1H3,(H,13,15). The lowest BCUT2D eigenvalue weighted by Crippen LogP contribution is -2.23. The van der Waals surface area contributed by atoms with Crippen LogP contribution in [-0.2, 0) is 22.1 Å². The first-order valence-corrected chi connectivity index (χ1v) is 4.21. The second kappa shape index (κ2) is 4.38. The quantitative estimate of drug-likeness (QED) is 0.781. The molecule has 0 aromatic carbocycles. The molecule has 0 amide bonds. The zero-order valence-electron chi connectivity index (χ0n) is 8.22. The van der Waals surface area contributed by atoms with Crippen molar-refractivity contribution in [3.8, 4) is 0 Å². The summed E-state index contributed by atoms with van der Waals surface area (Å²) < 4.78 is 40.9. The Morgan fingerprint density at radius 2 is 2.06 bits per heavy atom. The molecular weight excluding hydrogens is 227 g/mol. The lowest BCUT2D eigenvalue weighted by Gasteiger charge is -2.06. The fourth-order valence-electron chi connectivity index (χ4n) is 1.07. The number of aromatic amines is 1. The summed E-state index contributed by atoms with van der Waals surface area (Å²) in [7, 11) is 1.14. The molecule has 0 fully saturated rings. The number of halogens is 3. The summed E-state index contributed by atoms with van der Waals surface area (Å²) in [5.74, 6) is -0.643. The molecular formula is C9H8F3NO3. The molecule has 1 aromatic heterocycles. The molecule has 0 aliphatic heterocycles. The molecule has 0 atom stereocenters. The van der Waals surface area contributed by atoms with Gasteiger partial charge in [0.15, 0.2) is 0 Å². The maximum Gasteiger partial charge on any atom is 0.421 e. The van der Waals surface area contributed by atoms with E-state index in [9.17, 15) is 22.8 Å². The van der Waals surface area contributed by atoms with E-state index in [2.05, 4.69) is 4.74 Å². The molecule has 0 aliphatic carbocycles. The number of hydrogen-bond donors (Lipinski definition) is 1. The van der Waals surface area contributed by atoms with E-state index in [4.69, 9.17) is 0 Å². The van der Waals surface area contributed by atoms with Crippen molar-refractivity contribution in [2.45, 2.75) is 12.6 Å². The molecule has 0 radical (unpaired) electrons. The summed E-state index contributed by atoms with van der Waals surface area (Å²) in [6.07, 6.45) is -4.97. The van der Waals surface area contributed by atoms with Gasteiger partial charge in [0.25, 0.3) is 5.56 Å². The number of methoxy groups -OCH3 is 1. The van der Waals surface area contributed by atoms with Gasteiger partial charge >= 0.3 is 12.1 Å². The molecule has 16 heavy (non-hydrogen) atoms. The lowest BCUT2D eigenvalue weighted by atomic mass is 10.2. The van der Waals surface area contributed by atoms with Crippen LogP contribution >= 0.6 is 0 Å². The summed E-state index contributed by atoms with van der Waals surface area (Å²) in [6, 6.07) is 1.66. The maximum atomic E-state index is 12.2. The second-order valence-electron chi connectivity index (χ2n) is 2.98. The van der Waals surface area contributed by atoms with Crippen LogP contribution in [-0.4, -0.2) is 18.1 Å². The molecule has 1 N–H and O–H groups in total. The average molecular weight is 235 g/mol. The number of ether oxygens (including phenoxy) is 1. The van der Waals surface area contributed by atoms with E-state index in [0.717, 1.165) is 13.2 Å². The van der Waals surface area contributed by atoms with Crippen molar-refractivity contribution in [2.24, 2.45) is 0 Å². The third kappa shape index (κ3) is 2.85. The van der Waals surface area contributed by atoms with Gasteiger partial charge in [-0.25, -0.2) is 0 Å². The van der Waals surface area contributed by atoms with Gasteiger partial charge in [0, 0.05) is 5.69 Å². The molecule has 4 nitrogen and oxygen atoms in total. The SMILES string of the molecule is COC(=O)Cc1ccc(C(F)(F)F)c(=O)[nH]1. The fourth-order valence-corrected chi connectivity index (χ4v) is 1.07. The highest BCUT2D eigenvalue weighted by Crippen LogP contribution is 2.25. The summed E-state index contributed by atoms with van der Waals surface area (Å²) in [4.78, 5) is 23.8. The first kappa shape index (κ1) is 12.3. The number of pyridine rings is 1. The Bertz CT molecular complexity index is 450. The molecule has 0 saturated heterocycles. The highest BCUT2D eigenvalue weighted by molar-refractivity contribution is 5.71. The zero-order valence-corrected chi connectivity index (χ0v) is 8.22. The van der Waals surface area contributed by atoms with Gasteiger partial charge in [0.2, 0.25) is 0 Å². The summed E-state index contributed by atoms with van der Waals surface area (Å²) in [5.41, 5.74) is -2.49. The van der Waals surface area contributed by atoms with E-state index in [-0.39, 0.29) is 12.1 Å². The maximum absolute atomic E-state index is 12.2. The predicted octanol–water partition coefficient (Wildman–Crippen LogP) is 1.11. The Morgan fingerprint density at radius 3 is 2.50 bits per heavy atom. The zero-order chi connectivity index (χ0) is 12.3. The molecule has 7 heteroatoms. The molecule has 1 heterocycles. The topological polar surface area (TPSA) is 59.2 Å². The van der Waals surface area contributed by atoms with E-state index < -0.39 is 23.3 Å². The van der Waals surface area contributed by atoms with E-state index in [1.807, 2.05) is 4.98 Å². The average Bonchev–Trinajstić information content (AvgIpc) is 2.15. The van der Waals surface area contributed by atoms with Gasteiger partial charge in [0.05, 0.1) is 13.5 Å². The number of aromatic nitrogens is 1. The summed E-state index contributed by atoms with van der Waals surface area (Å²) in [6.45, 7) is 0. The summed E-state index contributed by atoms with van der Waals surface area (Å²) >= 11 is 0. The Morgan fingerprint density at radius 1 is 1.44 bits per heavy atom. The Balaban J connectivity index is 3.01. The first-order valence-electron chi connectivity index (χ1n) is 4.21. The monoisotopic (exact) mass is 235 g/mol. The first-order chi connectivity index (χ1) is 7.34. The number of carbonyl (C=O) groups excluding carboxylic acids is 1. The van der Waals surface area contributed by atoms with Crippen LogP contribution in [0.25, 0.3) is 0 Å². The van der Waals surface area contributed by atoms with Crippen molar-refractivity contribution in [3.63, 3.8) is 0 Å². The van der Waals surface area contributed by atoms with Crippen LogP contribution < -0.4 is 5.56 Å². The van der Waals surface area contributed by atoms with E-state index in [0.29, 0.717) is 6.07 Å². The molecule has 0 aliphatic rings. The largest absolute Gasteiger partial charge is 0.469 e. The minimum Gasteiger partial charge on any atom is -0.469 e. The van der Waals surface area contributed by atoms with Crippen LogP contribution in [0.2, 0.25) is 0 Å². The van der Waals surface area contributed by atoms with Crippen LogP contribution in [0.1, 0.15) is 11.3 Å². The Labute approximate surface area is 88.0 Å². The van der Waals surface area contributed by atoms with E-state index in [1.165, 1.54) is 0 Å². The van der Waals surface area contributed by atoms with Crippen molar-refractivity contribution >= 4 is 5.97 Å². The summed E-state index contributed by atoms with van der Waals surface area (Å²) in [5, 5.41) is 0. The van der Waals surface area contributed by atoms with Gasteiger partial charge < -0.3 is 9.72 Å². The highest BCUT2D eigenvalue weighted by atomic mass is 19.4. The van der Waals surface area contributed by atoms with E-state index >= 15 is 0 Å². The molecule has 1 rings (SSSR count). The normalized spacial score (nSPS) is 11.2. The molecule has 0 spiro atoms. The van der Waals surface area contributed by atoms with Gasteiger partial charge in [-0.1, -0.05) is 0 Å². The predicted molar refractivity (Wildman–Crippen MR) is 47.8 cm³/mol. The van der Waals surface area contributed by atoms with Crippen molar-refractivity contribution in [1.82, 2.24) is 4.98 Å². The molecule has 0 saturated carbocycles. The number of hydrogen-bond acceptors (Lipinski definition) is 3. The number of carbonyl (C=O) groups is 1. The minimum absolute atomic E-state index is 0.0739. The number of H-pyrrole nitrogens is 1. The van der Waals surface area contributed by atoms with Crippen molar-refractivity contribution < 1.29 is 22.7 Å². The second-order valence-corrected chi connectivity index (χ2v) is 2.98. The molecule has 0 bridgehead atoms. The van der Waals surface area contributed by atoms with Crippen LogP contribution in [0.3, 0.4) is 0 Å². The lowest BCUT2D eigenvalue weighted by molar-refractivity contribution is -0.139. The van der Waals surface area contributed by atoms with Gasteiger partial charge in [-0.15, -0.1) is 0 Å². The van der Waals surface area contributed by atoms with Crippen LogP contribution in [0.5, 0.6) is 0 Å². The number of alkyl halides is 3. The third-order valence-electron chi connectivity index (χ3n) is 1.84. The van der Waals surface area contributed by atoms with Gasteiger partial charge in [-0.2, -0.15) is 13.2 Å². The Hall–Kier alpha value is -1.79. The Kier molecular flexibility index (Phi) is 3.36.